The molecule has 3 rings (SSSR count). The molecule has 0 fully saturated rings. The molecule has 0 saturated carbocycles. The van der Waals surface area contributed by atoms with E-state index in [0.29, 0.717) is 0 Å². The Kier molecular flexibility index (Phi) is 4.75. The van der Waals surface area contributed by atoms with Gasteiger partial charge in [-0.25, -0.2) is 0 Å². The highest BCUT2D eigenvalue weighted by atomic mass is 35.5. The first-order valence-corrected chi connectivity index (χ1v) is 8.27. The first kappa shape index (κ1) is 15.1. The van der Waals surface area contributed by atoms with Gasteiger partial charge in [0.05, 0.1) is 0 Å². The molecule has 0 radical (unpaired) electrons. The van der Waals surface area contributed by atoms with Crippen molar-refractivity contribution < 1.29 is 0 Å². The highest BCUT2D eigenvalue weighted by Crippen LogP contribution is 2.24. The number of nitrogens with zero attached hydrogens (tertiary/aromatic N) is 4. The maximum absolute atomic E-state index is 5.92. The van der Waals surface area contributed by atoms with Gasteiger partial charge in [-0.05, 0) is 48.4 Å². The fraction of sp³-hybridized carbons (Fsp3) is 0.188. The molecule has 0 amide bonds. The van der Waals surface area contributed by atoms with Gasteiger partial charge in [0.15, 0.2) is 11.0 Å². The van der Waals surface area contributed by atoms with Gasteiger partial charge in [0.25, 0.3) is 0 Å². The van der Waals surface area contributed by atoms with E-state index in [1.807, 2.05) is 60.4 Å². The van der Waals surface area contributed by atoms with Crippen molar-refractivity contribution in [1.82, 2.24) is 19.7 Å². The summed E-state index contributed by atoms with van der Waals surface area (Å²) in [4.78, 5) is 4.03. The van der Waals surface area contributed by atoms with Crippen LogP contribution in [0, 0.1) is 0 Å². The third kappa shape index (κ3) is 3.48. The summed E-state index contributed by atoms with van der Waals surface area (Å²) < 4.78 is 2.01. The van der Waals surface area contributed by atoms with Crippen molar-refractivity contribution in [1.29, 1.82) is 0 Å². The molecule has 0 bridgehead atoms. The van der Waals surface area contributed by atoms with Crippen LogP contribution in [-0.2, 0) is 13.5 Å². The molecule has 22 heavy (non-hydrogen) atoms. The van der Waals surface area contributed by atoms with Crippen LogP contribution in [0.2, 0.25) is 5.02 Å². The quantitative estimate of drug-likeness (QED) is 0.666. The van der Waals surface area contributed by atoms with E-state index in [0.717, 1.165) is 33.7 Å². The Bertz CT molecular complexity index is 741. The summed E-state index contributed by atoms with van der Waals surface area (Å²) >= 11 is 7.62. The van der Waals surface area contributed by atoms with Crippen LogP contribution in [0.15, 0.2) is 53.9 Å². The van der Waals surface area contributed by atoms with Crippen molar-refractivity contribution in [3.63, 3.8) is 0 Å². The molecule has 0 atom stereocenters. The molecule has 112 valence electrons. The predicted molar refractivity (Wildman–Crippen MR) is 90.1 cm³/mol. The molecule has 2 aromatic heterocycles. The van der Waals surface area contributed by atoms with Crippen LogP contribution in [0.1, 0.15) is 5.56 Å². The van der Waals surface area contributed by atoms with Gasteiger partial charge in [-0.3, -0.25) is 4.98 Å². The van der Waals surface area contributed by atoms with Crippen molar-refractivity contribution in [3.05, 3.63) is 59.4 Å². The molecular formula is C16H15ClN4S. The minimum absolute atomic E-state index is 0.720. The van der Waals surface area contributed by atoms with Crippen LogP contribution in [0.4, 0.5) is 0 Å². The zero-order chi connectivity index (χ0) is 15.4. The maximum Gasteiger partial charge on any atom is 0.191 e. The van der Waals surface area contributed by atoms with Crippen molar-refractivity contribution >= 4 is 23.4 Å². The summed E-state index contributed by atoms with van der Waals surface area (Å²) in [5.74, 6) is 1.81. The lowest BCUT2D eigenvalue weighted by Crippen LogP contribution is -1.96. The number of hydrogen-bond donors (Lipinski definition) is 0. The second kappa shape index (κ2) is 6.94. The van der Waals surface area contributed by atoms with Crippen LogP contribution in [-0.4, -0.2) is 25.5 Å². The van der Waals surface area contributed by atoms with E-state index in [1.54, 1.807) is 11.8 Å². The Balaban J connectivity index is 1.67. The predicted octanol–water partition coefficient (Wildman–Crippen LogP) is 3.87. The molecule has 0 saturated heterocycles. The van der Waals surface area contributed by atoms with Crippen molar-refractivity contribution in [2.75, 3.05) is 5.75 Å². The molecule has 0 aliphatic carbocycles. The first-order chi connectivity index (χ1) is 10.7. The second-order valence-corrected chi connectivity index (χ2v) is 6.32. The molecule has 2 heterocycles. The highest BCUT2D eigenvalue weighted by Gasteiger charge is 2.11. The average molecular weight is 331 g/mol. The van der Waals surface area contributed by atoms with Gasteiger partial charge < -0.3 is 4.57 Å². The Morgan fingerprint density at radius 2 is 1.77 bits per heavy atom. The summed E-state index contributed by atoms with van der Waals surface area (Å²) in [6.45, 7) is 0. The van der Waals surface area contributed by atoms with Crippen LogP contribution in [0.25, 0.3) is 11.4 Å². The van der Waals surface area contributed by atoms with Gasteiger partial charge in [-0.15, -0.1) is 10.2 Å². The topological polar surface area (TPSA) is 43.6 Å². The standard InChI is InChI=1S/C16H15ClN4S/c1-21-15(13-2-4-14(17)5-3-13)19-20-16(21)22-11-8-12-6-9-18-10-7-12/h2-7,9-10H,8,11H2,1H3. The Morgan fingerprint density at radius 1 is 1.05 bits per heavy atom. The molecule has 4 nitrogen and oxygen atoms in total. The van der Waals surface area contributed by atoms with Crippen molar-refractivity contribution in [2.24, 2.45) is 7.05 Å². The number of benzene rings is 1. The molecule has 6 heteroatoms. The number of pyridine rings is 1. The largest absolute Gasteiger partial charge is 0.305 e. The zero-order valence-electron chi connectivity index (χ0n) is 12.1. The normalized spacial score (nSPS) is 10.8. The minimum atomic E-state index is 0.720. The summed E-state index contributed by atoms with van der Waals surface area (Å²) in [6, 6.07) is 11.7. The summed E-state index contributed by atoms with van der Waals surface area (Å²) in [5, 5.41) is 10.2. The summed E-state index contributed by atoms with van der Waals surface area (Å²) in [7, 11) is 1.98. The molecule has 0 N–H and O–H groups in total. The number of rotatable bonds is 5. The fourth-order valence-corrected chi connectivity index (χ4v) is 3.13. The lowest BCUT2D eigenvalue weighted by atomic mass is 10.2. The van der Waals surface area contributed by atoms with E-state index in [-0.39, 0.29) is 0 Å². The van der Waals surface area contributed by atoms with E-state index >= 15 is 0 Å². The van der Waals surface area contributed by atoms with E-state index in [2.05, 4.69) is 15.2 Å². The number of thioether (sulfide) groups is 1. The number of aromatic nitrogens is 4. The molecule has 0 aliphatic rings. The smallest absolute Gasteiger partial charge is 0.191 e. The van der Waals surface area contributed by atoms with E-state index < -0.39 is 0 Å². The molecule has 1 aromatic carbocycles. The summed E-state index contributed by atoms with van der Waals surface area (Å²) in [6.07, 6.45) is 4.62. The Labute approximate surface area is 138 Å². The van der Waals surface area contributed by atoms with Gasteiger partial charge >= 0.3 is 0 Å². The summed E-state index contributed by atoms with van der Waals surface area (Å²) in [5.41, 5.74) is 2.29. The lowest BCUT2D eigenvalue weighted by Gasteiger charge is -2.04. The first-order valence-electron chi connectivity index (χ1n) is 6.91. The van der Waals surface area contributed by atoms with E-state index in [4.69, 9.17) is 11.6 Å². The van der Waals surface area contributed by atoms with Crippen molar-refractivity contribution in [2.45, 2.75) is 11.6 Å². The number of aryl methyl sites for hydroxylation is 1. The number of hydrogen-bond acceptors (Lipinski definition) is 4. The van der Waals surface area contributed by atoms with Gasteiger partial charge in [0, 0.05) is 35.8 Å². The van der Waals surface area contributed by atoms with Crippen LogP contribution >= 0.6 is 23.4 Å². The average Bonchev–Trinajstić information content (AvgIpc) is 2.90. The van der Waals surface area contributed by atoms with Crippen molar-refractivity contribution in [3.8, 4) is 11.4 Å². The van der Waals surface area contributed by atoms with Crippen LogP contribution < -0.4 is 0 Å². The lowest BCUT2D eigenvalue weighted by molar-refractivity contribution is 0.793. The Hall–Kier alpha value is -1.85. The molecular weight excluding hydrogens is 316 g/mol. The van der Waals surface area contributed by atoms with Crippen LogP contribution in [0.3, 0.4) is 0 Å². The highest BCUT2D eigenvalue weighted by molar-refractivity contribution is 7.99. The Morgan fingerprint density at radius 3 is 2.50 bits per heavy atom. The van der Waals surface area contributed by atoms with Gasteiger partial charge in [0.2, 0.25) is 0 Å². The number of halogens is 1. The van der Waals surface area contributed by atoms with E-state index in [9.17, 15) is 0 Å². The van der Waals surface area contributed by atoms with Crippen LogP contribution in [0.5, 0.6) is 0 Å². The molecule has 0 spiro atoms. The van der Waals surface area contributed by atoms with Gasteiger partial charge in [-0.1, -0.05) is 23.4 Å². The second-order valence-electron chi connectivity index (χ2n) is 4.83. The zero-order valence-corrected chi connectivity index (χ0v) is 13.7. The molecule has 3 aromatic rings. The van der Waals surface area contributed by atoms with Gasteiger partial charge in [0.1, 0.15) is 0 Å². The minimum Gasteiger partial charge on any atom is -0.305 e. The fourth-order valence-electron chi connectivity index (χ4n) is 2.10. The molecule has 0 aliphatic heterocycles. The van der Waals surface area contributed by atoms with E-state index in [1.165, 1.54) is 5.56 Å². The van der Waals surface area contributed by atoms with Gasteiger partial charge in [-0.2, -0.15) is 0 Å². The third-order valence-corrected chi connectivity index (χ3v) is 4.58. The molecule has 0 unspecified atom stereocenters. The third-order valence-electron chi connectivity index (χ3n) is 3.31. The monoisotopic (exact) mass is 330 g/mol. The maximum atomic E-state index is 5.92. The SMILES string of the molecule is Cn1c(SCCc2ccncc2)nnc1-c1ccc(Cl)cc1.